The van der Waals surface area contributed by atoms with Crippen molar-refractivity contribution < 1.29 is 4.79 Å². The van der Waals surface area contributed by atoms with Crippen molar-refractivity contribution in [1.29, 1.82) is 0 Å². The van der Waals surface area contributed by atoms with Gasteiger partial charge >= 0.3 is 0 Å². The fourth-order valence-electron chi connectivity index (χ4n) is 1.16. The van der Waals surface area contributed by atoms with Gasteiger partial charge < -0.3 is 11.1 Å². The van der Waals surface area contributed by atoms with E-state index in [1.165, 1.54) is 0 Å². The number of amides is 1. The van der Waals surface area contributed by atoms with Crippen LogP contribution >= 0.6 is 0 Å². The van der Waals surface area contributed by atoms with E-state index in [1.54, 1.807) is 0 Å². The van der Waals surface area contributed by atoms with Gasteiger partial charge in [0.15, 0.2) is 0 Å². The zero-order valence-corrected chi connectivity index (χ0v) is 8.97. The normalized spacial score (nSPS) is 15.1. The third kappa shape index (κ3) is 6.58. The zero-order chi connectivity index (χ0) is 10.3. The topological polar surface area (TPSA) is 55.1 Å². The van der Waals surface area contributed by atoms with Crippen LogP contribution in [0, 0.1) is 5.92 Å². The Morgan fingerprint density at radius 3 is 2.46 bits per heavy atom. The Hall–Kier alpha value is -0.570. The molecule has 0 aromatic heterocycles. The molecule has 3 N–H and O–H groups in total. The van der Waals surface area contributed by atoms with Crippen LogP contribution in [0.5, 0.6) is 0 Å². The summed E-state index contributed by atoms with van der Waals surface area (Å²) in [6.45, 7) is 6.70. The third-order valence-corrected chi connectivity index (χ3v) is 2.07. The number of nitrogens with two attached hydrogens (primary N) is 1. The number of nitrogens with one attached hydrogen (secondary N) is 1. The minimum absolute atomic E-state index is 0.137. The lowest BCUT2D eigenvalue weighted by atomic mass is 10.1. The highest BCUT2D eigenvalue weighted by atomic mass is 16.1. The summed E-state index contributed by atoms with van der Waals surface area (Å²) in [5, 5.41) is 2.88. The van der Waals surface area contributed by atoms with Gasteiger partial charge in [-0.05, 0) is 19.8 Å². The van der Waals surface area contributed by atoms with Crippen molar-refractivity contribution in [2.45, 2.75) is 46.1 Å². The maximum Gasteiger partial charge on any atom is 0.222 e. The molecule has 0 fully saturated rings. The minimum Gasteiger partial charge on any atom is -0.356 e. The van der Waals surface area contributed by atoms with Crippen LogP contribution in [-0.2, 0) is 4.79 Å². The van der Waals surface area contributed by atoms with Gasteiger partial charge in [0.05, 0.1) is 0 Å². The van der Waals surface area contributed by atoms with Crippen molar-refractivity contribution in [2.24, 2.45) is 11.7 Å². The van der Waals surface area contributed by atoms with Gasteiger partial charge in [0.2, 0.25) is 5.91 Å². The molecule has 0 radical (unpaired) electrons. The Morgan fingerprint density at radius 2 is 2.00 bits per heavy atom. The second kappa shape index (κ2) is 6.89. The van der Waals surface area contributed by atoms with Crippen molar-refractivity contribution in [3.8, 4) is 0 Å². The molecule has 3 nitrogen and oxygen atoms in total. The van der Waals surface area contributed by atoms with Crippen LogP contribution in [0.3, 0.4) is 0 Å². The lowest BCUT2D eigenvalue weighted by molar-refractivity contribution is -0.124. The smallest absolute Gasteiger partial charge is 0.222 e. The van der Waals surface area contributed by atoms with Gasteiger partial charge in [0, 0.05) is 18.5 Å². The largest absolute Gasteiger partial charge is 0.356 e. The fraction of sp³-hybridized carbons (Fsp3) is 0.900. The molecule has 1 amide bonds. The third-order valence-electron chi connectivity index (χ3n) is 2.07. The number of carbonyl (C=O) groups is 1. The first-order chi connectivity index (χ1) is 6.07. The molecule has 0 saturated carbocycles. The van der Waals surface area contributed by atoms with Crippen LogP contribution in [0.25, 0.3) is 0 Å². The van der Waals surface area contributed by atoms with E-state index >= 15 is 0 Å². The maximum atomic E-state index is 11.4. The molecule has 13 heavy (non-hydrogen) atoms. The summed E-state index contributed by atoms with van der Waals surface area (Å²) >= 11 is 0. The lowest BCUT2D eigenvalue weighted by Gasteiger charge is -2.11. The van der Waals surface area contributed by atoms with Gasteiger partial charge in [-0.25, -0.2) is 0 Å². The van der Waals surface area contributed by atoms with E-state index in [4.69, 9.17) is 5.73 Å². The average Bonchev–Trinajstić information content (AvgIpc) is 2.04. The van der Waals surface area contributed by atoms with E-state index in [2.05, 4.69) is 12.2 Å². The second-order valence-corrected chi connectivity index (χ2v) is 3.75. The van der Waals surface area contributed by atoms with E-state index in [9.17, 15) is 4.79 Å². The summed E-state index contributed by atoms with van der Waals surface area (Å²) in [4.78, 5) is 11.4. The SMILES string of the molecule is CCCC(C)C(=O)NCCC(C)N. The Labute approximate surface area is 81.1 Å². The monoisotopic (exact) mass is 186 g/mol. The first-order valence-corrected chi connectivity index (χ1v) is 5.11. The van der Waals surface area contributed by atoms with Crippen molar-refractivity contribution in [3.05, 3.63) is 0 Å². The van der Waals surface area contributed by atoms with Gasteiger partial charge in [-0.15, -0.1) is 0 Å². The molecule has 0 aromatic rings. The molecule has 0 heterocycles. The summed E-state index contributed by atoms with van der Waals surface area (Å²) in [5.41, 5.74) is 5.56. The van der Waals surface area contributed by atoms with Crippen molar-refractivity contribution in [1.82, 2.24) is 5.32 Å². The highest BCUT2D eigenvalue weighted by Gasteiger charge is 2.10. The minimum atomic E-state index is 0.137. The summed E-state index contributed by atoms with van der Waals surface area (Å²) in [6.07, 6.45) is 2.87. The molecule has 3 heteroatoms. The molecule has 0 aliphatic carbocycles. The van der Waals surface area contributed by atoms with Crippen LogP contribution in [0.4, 0.5) is 0 Å². The Kier molecular flexibility index (Phi) is 6.59. The standard InChI is InChI=1S/C10H22N2O/c1-4-5-8(2)10(13)12-7-6-9(3)11/h8-9H,4-7,11H2,1-3H3,(H,12,13). The second-order valence-electron chi connectivity index (χ2n) is 3.75. The van der Waals surface area contributed by atoms with Crippen LogP contribution in [0.15, 0.2) is 0 Å². The summed E-state index contributed by atoms with van der Waals surface area (Å²) < 4.78 is 0. The van der Waals surface area contributed by atoms with Gasteiger partial charge in [-0.1, -0.05) is 20.3 Å². The average molecular weight is 186 g/mol. The van der Waals surface area contributed by atoms with E-state index in [0.717, 1.165) is 19.3 Å². The van der Waals surface area contributed by atoms with Crippen molar-refractivity contribution in [2.75, 3.05) is 6.54 Å². The quantitative estimate of drug-likeness (QED) is 0.656. The van der Waals surface area contributed by atoms with E-state index in [1.807, 2.05) is 13.8 Å². The fourth-order valence-corrected chi connectivity index (χ4v) is 1.16. The maximum absolute atomic E-state index is 11.4. The molecule has 0 aliphatic rings. The van der Waals surface area contributed by atoms with Gasteiger partial charge in [0.25, 0.3) is 0 Å². The van der Waals surface area contributed by atoms with E-state index in [-0.39, 0.29) is 17.9 Å². The van der Waals surface area contributed by atoms with E-state index < -0.39 is 0 Å². The molecule has 2 unspecified atom stereocenters. The Balaban J connectivity index is 3.50. The molecule has 0 bridgehead atoms. The number of carbonyl (C=O) groups excluding carboxylic acids is 1. The Bertz CT molecular complexity index is 146. The van der Waals surface area contributed by atoms with Gasteiger partial charge in [-0.3, -0.25) is 4.79 Å². The van der Waals surface area contributed by atoms with Crippen molar-refractivity contribution in [3.63, 3.8) is 0 Å². The summed E-state index contributed by atoms with van der Waals surface area (Å²) in [7, 11) is 0. The molecule has 2 atom stereocenters. The highest BCUT2D eigenvalue weighted by molar-refractivity contribution is 5.78. The Morgan fingerprint density at radius 1 is 1.38 bits per heavy atom. The van der Waals surface area contributed by atoms with Gasteiger partial charge in [-0.2, -0.15) is 0 Å². The number of hydrogen-bond acceptors (Lipinski definition) is 2. The van der Waals surface area contributed by atoms with Crippen LogP contribution in [0.1, 0.15) is 40.0 Å². The molecule has 0 aliphatic heterocycles. The summed E-state index contributed by atoms with van der Waals surface area (Å²) in [6, 6.07) is 0.168. The van der Waals surface area contributed by atoms with Gasteiger partial charge in [0.1, 0.15) is 0 Å². The van der Waals surface area contributed by atoms with E-state index in [0.29, 0.717) is 6.54 Å². The summed E-state index contributed by atoms with van der Waals surface area (Å²) in [5.74, 6) is 0.292. The molecule has 0 spiro atoms. The molecule has 0 rings (SSSR count). The molecular formula is C10H22N2O. The molecule has 0 aromatic carbocycles. The predicted octanol–water partition coefficient (Wildman–Crippen LogP) is 1.28. The molecular weight excluding hydrogens is 164 g/mol. The molecule has 78 valence electrons. The first-order valence-electron chi connectivity index (χ1n) is 5.11. The molecule has 0 saturated heterocycles. The zero-order valence-electron chi connectivity index (χ0n) is 8.97. The highest BCUT2D eigenvalue weighted by Crippen LogP contribution is 2.04. The first kappa shape index (κ1) is 12.4. The lowest BCUT2D eigenvalue weighted by Crippen LogP contribution is -2.32. The predicted molar refractivity (Wildman–Crippen MR) is 55.3 cm³/mol. The van der Waals surface area contributed by atoms with Crippen molar-refractivity contribution >= 4 is 5.91 Å². The van der Waals surface area contributed by atoms with Crippen LogP contribution in [-0.4, -0.2) is 18.5 Å². The number of rotatable bonds is 6. The number of hydrogen-bond donors (Lipinski definition) is 2. The van der Waals surface area contributed by atoms with Crippen LogP contribution < -0.4 is 11.1 Å². The van der Waals surface area contributed by atoms with Crippen LogP contribution in [0.2, 0.25) is 0 Å².